The fraction of sp³-hybridized carbons (Fsp3) is 0.294. The molecule has 0 saturated carbocycles. The van der Waals surface area contributed by atoms with Crippen LogP contribution in [0.2, 0.25) is 0 Å². The molecule has 194 valence electrons. The summed E-state index contributed by atoms with van der Waals surface area (Å²) in [7, 11) is 0. The van der Waals surface area contributed by atoms with Gasteiger partial charge in [-0.2, -0.15) is 52.6 Å². The number of rotatable bonds is 3. The van der Waals surface area contributed by atoms with Crippen LogP contribution in [0.4, 0.5) is 0 Å². The number of hydrogen-bond donors (Lipinski definition) is 0. The molecule has 1 aliphatic rings. The number of hydrogen-bond acceptors (Lipinski definition) is 0. The molecule has 0 amide bonds. The quantitative estimate of drug-likeness (QED) is 0.277. The first-order chi connectivity index (χ1) is 16.7. The monoisotopic (exact) mass is 606 g/mol. The third kappa shape index (κ3) is 9.24. The van der Waals surface area contributed by atoms with Gasteiger partial charge >= 0.3 is 70.3 Å². The van der Waals surface area contributed by atoms with Crippen molar-refractivity contribution in [2.45, 2.75) is 66.2 Å². The Bertz CT molecular complexity index is 1200. The molecule has 4 aromatic carbocycles. The molecule has 0 fully saturated rings. The van der Waals surface area contributed by atoms with Gasteiger partial charge in [0.15, 0.2) is 0 Å². The molecule has 0 atom stereocenters. The Morgan fingerprint density at radius 3 is 2.03 bits per heavy atom. The van der Waals surface area contributed by atoms with Crippen molar-refractivity contribution in [1.82, 2.24) is 0 Å². The van der Waals surface area contributed by atoms with Crippen LogP contribution in [0.3, 0.4) is 0 Å². The fourth-order valence-electron chi connectivity index (χ4n) is 4.50. The zero-order valence-corrected chi connectivity index (χ0v) is 26.9. The van der Waals surface area contributed by atoms with Gasteiger partial charge in [-0.1, -0.05) is 88.3 Å². The fourth-order valence-corrected chi connectivity index (χ4v) is 4.91. The molecule has 0 radical (unpaired) electrons. The van der Waals surface area contributed by atoms with Crippen LogP contribution < -0.4 is 24.8 Å². The van der Waals surface area contributed by atoms with Crippen LogP contribution in [0.1, 0.15) is 74.9 Å². The Morgan fingerprint density at radius 1 is 0.865 bits per heavy atom. The predicted molar refractivity (Wildman–Crippen MR) is 149 cm³/mol. The minimum absolute atomic E-state index is 0. The van der Waals surface area contributed by atoms with Crippen LogP contribution in [0.5, 0.6) is 0 Å². The zero-order chi connectivity index (χ0) is 25.4. The minimum Gasteiger partial charge on any atom is -1.00 e. The first-order valence-electron chi connectivity index (χ1n) is 12.7. The molecule has 0 heterocycles. The summed E-state index contributed by atoms with van der Waals surface area (Å²) >= 11 is 1.51. The molecule has 37 heavy (non-hydrogen) atoms. The Labute approximate surface area is 252 Å². The number of fused-ring (bicyclic) bond motifs is 3. The zero-order valence-electron chi connectivity index (χ0n) is 23.0. The summed E-state index contributed by atoms with van der Waals surface area (Å²) in [5.74, 6) is 0. The molecule has 4 aromatic rings. The summed E-state index contributed by atoms with van der Waals surface area (Å²) in [6.45, 7) is 13.5. The van der Waals surface area contributed by atoms with Crippen molar-refractivity contribution in [3.05, 3.63) is 124 Å². The van der Waals surface area contributed by atoms with Crippen molar-refractivity contribution in [2.75, 3.05) is 0 Å². The van der Waals surface area contributed by atoms with E-state index in [1.807, 2.05) is 12.1 Å². The second-order valence-corrected chi connectivity index (χ2v) is 12.0. The Balaban J connectivity index is 0.000000275. The van der Waals surface area contributed by atoms with E-state index < -0.39 is 0 Å². The van der Waals surface area contributed by atoms with E-state index in [1.54, 1.807) is 0 Å². The number of aryl methyl sites for hydroxylation is 2. The van der Waals surface area contributed by atoms with Gasteiger partial charge in [0, 0.05) is 0 Å². The first kappa shape index (κ1) is 33.4. The van der Waals surface area contributed by atoms with E-state index in [1.165, 1.54) is 71.9 Å². The second kappa shape index (κ2) is 15.7. The maximum atomic E-state index is 3.30. The Hall–Kier alpha value is -1.66. The van der Waals surface area contributed by atoms with Crippen molar-refractivity contribution < 1.29 is 49.0 Å². The molecule has 0 spiro atoms. The van der Waals surface area contributed by atoms with Crippen LogP contribution >= 0.6 is 0 Å². The van der Waals surface area contributed by atoms with Gasteiger partial charge < -0.3 is 24.8 Å². The van der Waals surface area contributed by atoms with Crippen LogP contribution in [-0.2, 0) is 48.9 Å². The van der Waals surface area contributed by atoms with Crippen molar-refractivity contribution in [3.8, 4) is 11.1 Å². The van der Waals surface area contributed by atoms with Crippen LogP contribution in [-0.4, -0.2) is 3.21 Å². The maximum absolute atomic E-state index is 3.30. The van der Waals surface area contributed by atoms with Crippen LogP contribution in [0.25, 0.3) is 11.1 Å². The standard InChI is InChI=1S/C13H9.C13H21.C8H8.2ClH.Zr/c1-3-7-12-10(5-1)9-11-6-2-4-8-13(11)12;1-6-10-8-11(7-2)12(9-10)13(3,4)5;1-2-8-6-4-3-5-7-8;;;/h1-5,7-8H,9H2;8-9H,6-7H2,1-5H3;3-7H,1H3;2*1H;/q2*-1;;;;+2/p-2. The molecule has 0 saturated heterocycles. The van der Waals surface area contributed by atoms with Gasteiger partial charge in [0.05, 0.1) is 0 Å². The molecule has 5 rings (SSSR count). The summed E-state index contributed by atoms with van der Waals surface area (Å²) in [6.07, 6.45) is 3.36. The molecule has 1 aliphatic carbocycles. The third-order valence-corrected chi connectivity index (χ3v) is 7.17. The third-order valence-electron chi connectivity index (χ3n) is 6.46. The summed E-state index contributed by atoms with van der Waals surface area (Å²) in [5.41, 5.74) is 11.7. The molecule has 0 aromatic heterocycles. The molecule has 0 N–H and O–H groups in total. The van der Waals surface area contributed by atoms with E-state index in [0.29, 0.717) is 5.41 Å². The van der Waals surface area contributed by atoms with Crippen molar-refractivity contribution in [1.29, 1.82) is 0 Å². The Kier molecular flexibility index (Phi) is 14.1. The Morgan fingerprint density at radius 2 is 1.49 bits per heavy atom. The van der Waals surface area contributed by atoms with Gasteiger partial charge in [0.2, 0.25) is 0 Å². The molecule has 0 aliphatic heterocycles. The summed E-state index contributed by atoms with van der Waals surface area (Å²) in [6, 6.07) is 33.3. The summed E-state index contributed by atoms with van der Waals surface area (Å²) < 4.78 is 1.46. The van der Waals surface area contributed by atoms with Gasteiger partial charge in [0.25, 0.3) is 0 Å². The van der Waals surface area contributed by atoms with E-state index >= 15 is 0 Å². The van der Waals surface area contributed by atoms with Crippen LogP contribution in [0.15, 0.2) is 84.9 Å². The van der Waals surface area contributed by atoms with E-state index in [-0.39, 0.29) is 24.8 Å². The molecular weight excluding hydrogens is 571 g/mol. The van der Waals surface area contributed by atoms with E-state index in [4.69, 9.17) is 0 Å². The predicted octanol–water partition coefficient (Wildman–Crippen LogP) is 2.67. The second-order valence-electron chi connectivity index (χ2n) is 10.1. The van der Waals surface area contributed by atoms with Crippen molar-refractivity contribution in [2.24, 2.45) is 0 Å². The first-order valence-corrected chi connectivity index (χ1v) is 13.9. The van der Waals surface area contributed by atoms with E-state index in [9.17, 15) is 0 Å². The van der Waals surface area contributed by atoms with Crippen molar-refractivity contribution in [3.63, 3.8) is 0 Å². The van der Waals surface area contributed by atoms with Gasteiger partial charge in [-0.05, 0) is 6.42 Å². The maximum Gasteiger partial charge on any atom is -0.0253 e. The topological polar surface area (TPSA) is 0 Å². The van der Waals surface area contributed by atoms with Gasteiger partial charge in [-0.3, -0.25) is 0 Å². The van der Waals surface area contributed by atoms with Gasteiger partial charge in [0.1, 0.15) is 0 Å². The average molecular weight is 609 g/mol. The molecular formula is C34H38Cl2Zr-2. The molecule has 0 nitrogen and oxygen atoms in total. The van der Waals surface area contributed by atoms with Crippen LogP contribution in [0, 0.1) is 6.07 Å². The normalized spacial score (nSPS) is 10.8. The van der Waals surface area contributed by atoms with E-state index in [0.717, 1.165) is 19.3 Å². The molecule has 0 bridgehead atoms. The van der Waals surface area contributed by atoms with Gasteiger partial charge in [-0.25, -0.2) is 6.07 Å². The average Bonchev–Trinajstić information content (AvgIpc) is 3.47. The van der Waals surface area contributed by atoms with Gasteiger partial charge in [-0.15, -0.1) is 5.56 Å². The summed E-state index contributed by atoms with van der Waals surface area (Å²) in [4.78, 5) is 0. The van der Waals surface area contributed by atoms with E-state index in [2.05, 4.69) is 120 Å². The number of halogens is 2. The SMILES string of the molecule is CCc1cc(C(C)(C)C)c(CC)[cH-]1.C[C](=[Zr+2])c1ccccc1.[Cl-].[Cl-].[c-]1cccc2c1Cc1ccccc1-2. The summed E-state index contributed by atoms with van der Waals surface area (Å²) in [5, 5.41) is 0. The largest absolute Gasteiger partial charge is 1.00 e. The number of benzene rings is 3. The smallest absolute Gasteiger partial charge is 0.0253 e. The molecule has 0 unspecified atom stereocenters. The minimum atomic E-state index is 0. The van der Waals surface area contributed by atoms with Crippen molar-refractivity contribution >= 4 is 3.21 Å². The molecule has 3 heteroatoms.